The Morgan fingerprint density at radius 2 is 1.72 bits per heavy atom. The average Bonchev–Trinajstić information content (AvgIpc) is 2.26. The molecule has 0 fully saturated rings. The molecule has 0 spiro atoms. The van der Waals surface area contributed by atoms with Gasteiger partial charge in [0.15, 0.2) is 0 Å². The normalized spacial score (nSPS) is 13.6. The van der Waals surface area contributed by atoms with Crippen LogP contribution in [0.15, 0.2) is 11.6 Å². The largest absolute Gasteiger partial charge is 0.465 e. The number of carbonyl (C=O) groups is 1. The molecular weight excluding hydrogens is 259 g/mol. The van der Waals surface area contributed by atoms with Gasteiger partial charge in [-0.05, 0) is 12.8 Å². The molecule has 106 valence electrons. The van der Waals surface area contributed by atoms with E-state index < -0.39 is 23.6 Å². The molecular formula is C11H15F5O2. The third-order valence-electron chi connectivity index (χ3n) is 2.26. The van der Waals surface area contributed by atoms with Crippen LogP contribution in [0, 0.1) is 0 Å². The molecule has 0 N–H and O–H groups in total. The summed E-state index contributed by atoms with van der Waals surface area (Å²) in [7, 11) is 0.759. The van der Waals surface area contributed by atoms with E-state index in [4.69, 9.17) is 0 Å². The molecule has 0 heterocycles. The number of methoxy groups -OCH3 is 1. The standard InChI is InChI=1S/C11H15F5O2/c1-3-4-5-6-7-8(9(17)18-2)10(12,13)11(14,15)16/h7H,3-6H2,1-2H3. The molecule has 7 heteroatoms. The molecule has 0 saturated carbocycles. The third-order valence-corrected chi connectivity index (χ3v) is 2.26. The first kappa shape index (κ1) is 16.9. The van der Waals surface area contributed by atoms with Crippen LogP contribution in [0.3, 0.4) is 0 Å². The van der Waals surface area contributed by atoms with Gasteiger partial charge in [-0.3, -0.25) is 0 Å². The van der Waals surface area contributed by atoms with Crippen molar-refractivity contribution in [3.8, 4) is 0 Å². The minimum atomic E-state index is -5.81. The summed E-state index contributed by atoms with van der Waals surface area (Å²) in [5.41, 5.74) is -1.64. The Labute approximate surface area is 102 Å². The van der Waals surface area contributed by atoms with Crippen molar-refractivity contribution in [2.24, 2.45) is 0 Å². The highest BCUT2D eigenvalue weighted by Crippen LogP contribution is 2.41. The predicted octanol–water partition coefficient (Wildman–Crippen LogP) is 3.86. The van der Waals surface area contributed by atoms with Crippen LogP contribution in [0.5, 0.6) is 0 Å². The second kappa shape index (κ2) is 6.70. The van der Waals surface area contributed by atoms with Crippen LogP contribution < -0.4 is 0 Å². The molecule has 18 heavy (non-hydrogen) atoms. The number of allylic oxidation sites excluding steroid dienone is 1. The Morgan fingerprint density at radius 3 is 2.11 bits per heavy atom. The van der Waals surface area contributed by atoms with Gasteiger partial charge in [0.25, 0.3) is 0 Å². The lowest BCUT2D eigenvalue weighted by molar-refractivity contribution is -0.265. The smallest absolute Gasteiger partial charge is 0.458 e. The molecule has 0 rings (SSSR count). The highest BCUT2D eigenvalue weighted by Gasteiger charge is 2.62. The van der Waals surface area contributed by atoms with Gasteiger partial charge in [0.1, 0.15) is 5.57 Å². The lowest BCUT2D eigenvalue weighted by Crippen LogP contribution is -2.41. The Kier molecular flexibility index (Phi) is 6.28. The maximum absolute atomic E-state index is 13.0. The first-order chi connectivity index (χ1) is 8.18. The monoisotopic (exact) mass is 274 g/mol. The van der Waals surface area contributed by atoms with E-state index in [-0.39, 0.29) is 6.42 Å². The van der Waals surface area contributed by atoms with Crippen molar-refractivity contribution in [2.45, 2.75) is 44.7 Å². The quantitative estimate of drug-likeness (QED) is 0.318. The second-order valence-electron chi connectivity index (χ2n) is 3.68. The highest BCUT2D eigenvalue weighted by atomic mass is 19.4. The van der Waals surface area contributed by atoms with Gasteiger partial charge in [0.2, 0.25) is 0 Å². The number of carbonyl (C=O) groups excluding carboxylic acids is 1. The topological polar surface area (TPSA) is 26.3 Å². The number of hydrogen-bond donors (Lipinski definition) is 0. The minimum absolute atomic E-state index is 0.0239. The van der Waals surface area contributed by atoms with E-state index in [1.165, 1.54) is 0 Å². The molecule has 0 amide bonds. The molecule has 0 aliphatic rings. The molecule has 2 nitrogen and oxygen atoms in total. The fraction of sp³-hybridized carbons (Fsp3) is 0.727. The molecule has 0 atom stereocenters. The summed E-state index contributed by atoms with van der Waals surface area (Å²) in [5, 5.41) is 0. The fourth-order valence-corrected chi connectivity index (χ4v) is 1.24. The Balaban J connectivity index is 5.06. The summed E-state index contributed by atoms with van der Waals surface area (Å²) < 4.78 is 66.5. The number of ether oxygens (including phenoxy) is 1. The van der Waals surface area contributed by atoms with Crippen molar-refractivity contribution < 1.29 is 31.5 Å². The van der Waals surface area contributed by atoms with Crippen LogP contribution in [-0.2, 0) is 9.53 Å². The van der Waals surface area contributed by atoms with E-state index >= 15 is 0 Å². The summed E-state index contributed by atoms with van der Waals surface area (Å²) in [4.78, 5) is 11.0. The number of esters is 1. The number of rotatable bonds is 6. The van der Waals surface area contributed by atoms with E-state index in [2.05, 4.69) is 4.74 Å². The van der Waals surface area contributed by atoms with E-state index in [9.17, 15) is 26.7 Å². The Bertz CT molecular complexity index is 307. The number of alkyl halides is 5. The van der Waals surface area contributed by atoms with Crippen molar-refractivity contribution in [3.63, 3.8) is 0 Å². The summed E-state index contributed by atoms with van der Waals surface area (Å²) in [6.07, 6.45) is -3.32. The van der Waals surface area contributed by atoms with Crippen molar-refractivity contribution in [2.75, 3.05) is 7.11 Å². The van der Waals surface area contributed by atoms with Crippen molar-refractivity contribution in [1.29, 1.82) is 0 Å². The van der Waals surface area contributed by atoms with Gasteiger partial charge in [-0.2, -0.15) is 22.0 Å². The minimum Gasteiger partial charge on any atom is -0.465 e. The molecule has 0 bridgehead atoms. The van der Waals surface area contributed by atoms with Crippen molar-refractivity contribution in [1.82, 2.24) is 0 Å². The maximum Gasteiger partial charge on any atom is 0.458 e. The molecule has 0 saturated heterocycles. The lowest BCUT2D eigenvalue weighted by atomic mass is 10.1. The molecule has 0 aromatic heterocycles. The van der Waals surface area contributed by atoms with E-state index in [0.717, 1.165) is 13.5 Å². The molecule has 0 aliphatic carbocycles. The first-order valence-electron chi connectivity index (χ1n) is 5.42. The van der Waals surface area contributed by atoms with Gasteiger partial charge in [-0.15, -0.1) is 0 Å². The fourth-order valence-electron chi connectivity index (χ4n) is 1.24. The van der Waals surface area contributed by atoms with Crippen LogP contribution in [0.25, 0.3) is 0 Å². The zero-order chi connectivity index (χ0) is 14.4. The zero-order valence-corrected chi connectivity index (χ0v) is 10.1. The van der Waals surface area contributed by atoms with Gasteiger partial charge in [-0.1, -0.05) is 25.8 Å². The van der Waals surface area contributed by atoms with E-state index in [1.807, 2.05) is 6.92 Å². The van der Waals surface area contributed by atoms with Crippen LogP contribution in [0.2, 0.25) is 0 Å². The van der Waals surface area contributed by atoms with E-state index in [0.29, 0.717) is 18.9 Å². The maximum atomic E-state index is 13.0. The van der Waals surface area contributed by atoms with Gasteiger partial charge >= 0.3 is 18.1 Å². The van der Waals surface area contributed by atoms with Gasteiger partial charge < -0.3 is 4.74 Å². The van der Waals surface area contributed by atoms with Crippen LogP contribution in [0.4, 0.5) is 22.0 Å². The molecule has 0 radical (unpaired) electrons. The predicted molar refractivity (Wildman–Crippen MR) is 55.2 cm³/mol. The zero-order valence-electron chi connectivity index (χ0n) is 10.1. The van der Waals surface area contributed by atoms with Crippen molar-refractivity contribution >= 4 is 5.97 Å². The van der Waals surface area contributed by atoms with Crippen LogP contribution in [0.1, 0.15) is 32.6 Å². The molecule has 0 aromatic carbocycles. The SMILES string of the molecule is CCCCCC=C(C(=O)OC)C(F)(F)C(F)(F)F. The van der Waals surface area contributed by atoms with Gasteiger partial charge in [0.05, 0.1) is 7.11 Å². The number of unbranched alkanes of at least 4 members (excludes halogenated alkanes) is 3. The number of hydrogen-bond acceptors (Lipinski definition) is 2. The third kappa shape index (κ3) is 4.27. The summed E-state index contributed by atoms with van der Waals surface area (Å²) in [6.45, 7) is 1.86. The lowest BCUT2D eigenvalue weighted by Gasteiger charge is -2.21. The van der Waals surface area contributed by atoms with Crippen molar-refractivity contribution in [3.05, 3.63) is 11.6 Å². The van der Waals surface area contributed by atoms with Crippen LogP contribution >= 0.6 is 0 Å². The number of halogens is 5. The molecule has 0 aromatic rings. The van der Waals surface area contributed by atoms with E-state index in [1.54, 1.807) is 0 Å². The first-order valence-corrected chi connectivity index (χ1v) is 5.42. The Hall–Kier alpha value is -1.14. The Morgan fingerprint density at radius 1 is 1.17 bits per heavy atom. The average molecular weight is 274 g/mol. The van der Waals surface area contributed by atoms with Gasteiger partial charge in [0, 0.05) is 0 Å². The summed E-state index contributed by atoms with van der Waals surface area (Å²) in [6, 6.07) is 0. The van der Waals surface area contributed by atoms with Crippen LogP contribution in [-0.4, -0.2) is 25.2 Å². The second-order valence-corrected chi connectivity index (χ2v) is 3.68. The molecule has 0 unspecified atom stereocenters. The van der Waals surface area contributed by atoms with Gasteiger partial charge in [-0.25, -0.2) is 4.79 Å². The highest BCUT2D eigenvalue weighted by molar-refractivity contribution is 5.90. The molecule has 0 aliphatic heterocycles. The summed E-state index contributed by atoms with van der Waals surface area (Å²) >= 11 is 0. The summed E-state index contributed by atoms with van der Waals surface area (Å²) in [5.74, 6) is -6.85.